The molecule has 2 aromatic rings. The molecule has 5 rings (SSSR count). The van der Waals surface area contributed by atoms with Crippen molar-refractivity contribution in [3.8, 4) is 0 Å². The van der Waals surface area contributed by atoms with Crippen molar-refractivity contribution in [3.63, 3.8) is 0 Å². The predicted molar refractivity (Wildman–Crippen MR) is 127 cm³/mol. The number of aryl methyl sites for hydroxylation is 1. The summed E-state index contributed by atoms with van der Waals surface area (Å²) in [5.74, 6) is 0.137. The molecule has 8 heteroatoms. The van der Waals surface area contributed by atoms with Crippen LogP contribution in [-0.2, 0) is 22.6 Å². The van der Waals surface area contributed by atoms with Crippen molar-refractivity contribution in [2.45, 2.75) is 50.9 Å². The van der Waals surface area contributed by atoms with Crippen LogP contribution >= 0.6 is 0 Å². The third kappa shape index (κ3) is 4.73. The highest BCUT2D eigenvalue weighted by atomic mass is 16.5. The van der Waals surface area contributed by atoms with Gasteiger partial charge in [0.15, 0.2) is 0 Å². The Morgan fingerprint density at radius 2 is 2.09 bits per heavy atom. The van der Waals surface area contributed by atoms with E-state index in [1.165, 1.54) is 16.5 Å². The van der Waals surface area contributed by atoms with Gasteiger partial charge in [0, 0.05) is 82.2 Å². The van der Waals surface area contributed by atoms with Gasteiger partial charge in [0.1, 0.15) is 0 Å². The molecule has 0 bridgehead atoms. The number of nitrogens with one attached hydrogen (secondary N) is 2. The fourth-order valence-corrected chi connectivity index (χ4v) is 5.38. The van der Waals surface area contributed by atoms with E-state index in [-0.39, 0.29) is 23.9 Å². The third-order valence-corrected chi connectivity index (χ3v) is 7.24. The molecule has 8 nitrogen and oxygen atoms in total. The minimum atomic E-state index is -0.0900. The van der Waals surface area contributed by atoms with E-state index in [4.69, 9.17) is 4.74 Å². The molecule has 1 saturated carbocycles. The summed E-state index contributed by atoms with van der Waals surface area (Å²) in [6.07, 6.45) is 6.08. The minimum Gasteiger partial charge on any atom is -0.385 e. The van der Waals surface area contributed by atoms with E-state index in [9.17, 15) is 9.59 Å². The summed E-state index contributed by atoms with van der Waals surface area (Å²) in [6.45, 7) is 5.14. The van der Waals surface area contributed by atoms with Gasteiger partial charge in [-0.1, -0.05) is 18.2 Å². The second kappa shape index (κ2) is 9.73. The van der Waals surface area contributed by atoms with Gasteiger partial charge >= 0.3 is 6.03 Å². The molecular weight excluding hydrogens is 418 g/mol. The molecule has 0 radical (unpaired) electrons. The zero-order valence-electron chi connectivity index (χ0n) is 19.5. The van der Waals surface area contributed by atoms with Crippen LogP contribution in [0.2, 0.25) is 0 Å². The molecule has 3 amide bonds. The molecule has 2 atom stereocenters. The largest absolute Gasteiger partial charge is 0.385 e. The van der Waals surface area contributed by atoms with Gasteiger partial charge in [0.25, 0.3) is 0 Å². The number of methoxy groups -OCH3 is 1. The highest BCUT2D eigenvalue weighted by Crippen LogP contribution is 2.33. The van der Waals surface area contributed by atoms with Gasteiger partial charge in [-0.2, -0.15) is 0 Å². The Morgan fingerprint density at radius 3 is 2.85 bits per heavy atom. The molecule has 178 valence electrons. The van der Waals surface area contributed by atoms with Crippen LogP contribution in [0.5, 0.6) is 0 Å². The Labute approximate surface area is 195 Å². The van der Waals surface area contributed by atoms with Crippen LogP contribution in [-0.4, -0.2) is 78.3 Å². The molecule has 1 aliphatic carbocycles. The molecule has 3 aliphatic rings. The molecule has 2 aliphatic heterocycles. The monoisotopic (exact) mass is 453 g/mol. The maximum atomic E-state index is 13.7. The standard InChI is InChI=1S/C25H35N5O3/c1-33-12-4-10-28-16-19(22-5-2-3-6-23(22)28)17-30(20-7-8-20)24(31)18-13-21(15-26-14-18)29-11-9-27-25(29)32/h2-3,5-6,16,18,20-21,26H,4,7-15,17H2,1H3,(H,27,32). The maximum Gasteiger partial charge on any atom is 0.317 e. The number of rotatable bonds is 9. The van der Waals surface area contributed by atoms with E-state index in [0.29, 0.717) is 25.7 Å². The van der Waals surface area contributed by atoms with Crippen LogP contribution in [0.3, 0.4) is 0 Å². The van der Waals surface area contributed by atoms with Gasteiger partial charge in [-0.15, -0.1) is 0 Å². The molecule has 3 fully saturated rings. The van der Waals surface area contributed by atoms with E-state index >= 15 is 0 Å². The number of nitrogens with zero attached hydrogens (tertiary/aromatic N) is 3. The molecule has 2 saturated heterocycles. The topological polar surface area (TPSA) is 78.8 Å². The number of para-hydroxylation sites is 1. The van der Waals surface area contributed by atoms with Crippen molar-refractivity contribution in [1.82, 2.24) is 25.0 Å². The number of hydrogen-bond acceptors (Lipinski definition) is 4. The number of fused-ring (bicyclic) bond motifs is 1. The van der Waals surface area contributed by atoms with Crippen LogP contribution in [0.4, 0.5) is 4.79 Å². The first-order valence-corrected chi connectivity index (χ1v) is 12.3. The number of carbonyl (C=O) groups is 2. The van der Waals surface area contributed by atoms with Crippen molar-refractivity contribution >= 4 is 22.8 Å². The van der Waals surface area contributed by atoms with E-state index in [1.54, 1.807) is 7.11 Å². The second-order valence-corrected chi connectivity index (χ2v) is 9.58. The number of aromatic nitrogens is 1. The van der Waals surface area contributed by atoms with Crippen molar-refractivity contribution in [3.05, 3.63) is 36.0 Å². The molecule has 0 spiro atoms. The molecule has 1 aromatic heterocycles. The fraction of sp³-hybridized carbons (Fsp3) is 0.600. The smallest absolute Gasteiger partial charge is 0.317 e. The first-order chi connectivity index (χ1) is 16.2. The first kappa shape index (κ1) is 22.2. The number of carbonyl (C=O) groups excluding carboxylic acids is 2. The first-order valence-electron chi connectivity index (χ1n) is 12.3. The molecule has 2 N–H and O–H groups in total. The fourth-order valence-electron chi connectivity index (χ4n) is 5.38. The molecule has 2 unspecified atom stereocenters. The third-order valence-electron chi connectivity index (χ3n) is 7.24. The van der Waals surface area contributed by atoms with E-state index < -0.39 is 0 Å². The Hall–Kier alpha value is -2.58. The van der Waals surface area contributed by atoms with Gasteiger partial charge in [-0.3, -0.25) is 4.79 Å². The lowest BCUT2D eigenvalue weighted by Gasteiger charge is -2.36. The number of benzene rings is 1. The lowest BCUT2D eigenvalue weighted by Crippen LogP contribution is -2.53. The summed E-state index contributed by atoms with van der Waals surface area (Å²) in [6, 6.07) is 8.89. The molecule has 1 aromatic carbocycles. The highest BCUT2D eigenvalue weighted by molar-refractivity contribution is 5.85. The van der Waals surface area contributed by atoms with Crippen molar-refractivity contribution in [2.24, 2.45) is 5.92 Å². The van der Waals surface area contributed by atoms with Crippen LogP contribution in [0.1, 0.15) is 31.2 Å². The number of urea groups is 1. The van der Waals surface area contributed by atoms with E-state index in [0.717, 1.165) is 51.9 Å². The maximum absolute atomic E-state index is 13.7. The Morgan fingerprint density at radius 1 is 1.24 bits per heavy atom. The predicted octanol–water partition coefficient (Wildman–Crippen LogP) is 2.17. The number of hydrogen-bond donors (Lipinski definition) is 2. The van der Waals surface area contributed by atoms with Crippen LogP contribution in [0.25, 0.3) is 10.9 Å². The van der Waals surface area contributed by atoms with E-state index in [1.807, 2.05) is 4.90 Å². The van der Waals surface area contributed by atoms with Crippen molar-refractivity contribution < 1.29 is 14.3 Å². The molecule has 3 heterocycles. The highest BCUT2D eigenvalue weighted by Gasteiger charge is 2.40. The van der Waals surface area contributed by atoms with Gasteiger partial charge in [0.2, 0.25) is 5.91 Å². The summed E-state index contributed by atoms with van der Waals surface area (Å²) in [4.78, 5) is 29.9. The molecule has 33 heavy (non-hydrogen) atoms. The van der Waals surface area contributed by atoms with Crippen LogP contribution in [0, 0.1) is 5.92 Å². The summed E-state index contributed by atoms with van der Waals surface area (Å²) in [5, 5.41) is 7.53. The quantitative estimate of drug-likeness (QED) is 0.571. The zero-order chi connectivity index (χ0) is 22.8. The summed E-state index contributed by atoms with van der Waals surface area (Å²) < 4.78 is 7.53. The average Bonchev–Trinajstić information content (AvgIpc) is 3.50. The summed E-state index contributed by atoms with van der Waals surface area (Å²) in [7, 11) is 1.74. The Balaban J connectivity index is 1.33. The van der Waals surface area contributed by atoms with Gasteiger partial charge in [-0.25, -0.2) is 4.79 Å². The lowest BCUT2D eigenvalue weighted by atomic mass is 9.93. The van der Waals surface area contributed by atoms with Crippen molar-refractivity contribution in [1.29, 1.82) is 0 Å². The normalized spacial score (nSPS) is 23.2. The van der Waals surface area contributed by atoms with Crippen molar-refractivity contribution in [2.75, 3.05) is 39.9 Å². The van der Waals surface area contributed by atoms with Gasteiger partial charge in [-0.05, 0) is 37.3 Å². The van der Waals surface area contributed by atoms with Gasteiger partial charge in [0.05, 0.1) is 5.92 Å². The van der Waals surface area contributed by atoms with Gasteiger partial charge < -0.3 is 29.7 Å². The Bertz CT molecular complexity index is 1000. The lowest BCUT2D eigenvalue weighted by molar-refractivity contribution is -0.137. The minimum absolute atomic E-state index is 0.00442. The molecular formula is C25H35N5O3. The number of piperidine rings is 1. The van der Waals surface area contributed by atoms with Crippen LogP contribution < -0.4 is 10.6 Å². The van der Waals surface area contributed by atoms with E-state index in [2.05, 4.69) is 50.6 Å². The SMILES string of the molecule is COCCCn1cc(CN(C(=O)C2CNCC(N3CCNC3=O)C2)C2CC2)c2ccccc21. The number of amides is 3. The average molecular weight is 454 g/mol. The van der Waals surface area contributed by atoms with Crippen LogP contribution in [0.15, 0.2) is 30.5 Å². The zero-order valence-corrected chi connectivity index (χ0v) is 19.5. The summed E-state index contributed by atoms with van der Waals surface area (Å²) in [5.41, 5.74) is 2.42. The summed E-state index contributed by atoms with van der Waals surface area (Å²) >= 11 is 0. The number of ether oxygens (including phenoxy) is 1. The Kier molecular flexibility index (Phi) is 6.55. The second-order valence-electron chi connectivity index (χ2n) is 9.58.